The van der Waals surface area contributed by atoms with Crippen LogP contribution in [0.25, 0.3) is 11.2 Å². The van der Waals surface area contributed by atoms with Crippen molar-refractivity contribution in [2.75, 3.05) is 6.61 Å². The molecule has 2 heterocycles. The van der Waals surface area contributed by atoms with Crippen LogP contribution < -0.4 is 4.74 Å². The van der Waals surface area contributed by atoms with Crippen molar-refractivity contribution < 1.29 is 9.15 Å². The van der Waals surface area contributed by atoms with E-state index in [2.05, 4.69) is 9.97 Å². The fraction of sp³-hybridized carbons (Fsp3) is 0.200. The molecule has 0 spiro atoms. The highest BCUT2D eigenvalue weighted by Gasteiger charge is 2.08. The first-order valence-electron chi connectivity index (χ1n) is 6.37. The predicted octanol–water partition coefficient (Wildman–Crippen LogP) is 3.87. The lowest BCUT2D eigenvalue weighted by atomic mass is 10.1. The highest BCUT2D eigenvalue weighted by molar-refractivity contribution is 6.30. The minimum absolute atomic E-state index is 0.510. The summed E-state index contributed by atoms with van der Waals surface area (Å²) in [6.07, 6.45) is 2.16. The summed E-state index contributed by atoms with van der Waals surface area (Å²) in [6.45, 7) is 2.63. The normalized spacial score (nSPS) is 10.9. The molecular weight excluding hydrogens is 276 g/mol. The Morgan fingerprint density at radius 3 is 2.80 bits per heavy atom. The van der Waals surface area contributed by atoms with Crippen LogP contribution in [0.2, 0.25) is 5.02 Å². The Hall–Kier alpha value is -2.07. The summed E-state index contributed by atoms with van der Waals surface area (Å²) in [4.78, 5) is 8.48. The van der Waals surface area contributed by atoms with Gasteiger partial charge in [-0.15, -0.1) is 0 Å². The zero-order valence-corrected chi connectivity index (χ0v) is 11.7. The number of hydrogen-bond donors (Lipinski definition) is 0. The molecule has 0 amide bonds. The molecule has 102 valence electrons. The van der Waals surface area contributed by atoms with E-state index in [9.17, 15) is 0 Å². The van der Waals surface area contributed by atoms with E-state index in [0.29, 0.717) is 35.2 Å². The van der Waals surface area contributed by atoms with Gasteiger partial charge in [-0.1, -0.05) is 23.7 Å². The molecular formula is C15H13ClN2O2. The van der Waals surface area contributed by atoms with Crippen molar-refractivity contribution in [2.24, 2.45) is 0 Å². The Morgan fingerprint density at radius 1 is 1.25 bits per heavy atom. The second kappa shape index (κ2) is 5.51. The number of hydrogen-bond acceptors (Lipinski definition) is 4. The summed E-state index contributed by atoms with van der Waals surface area (Å²) in [7, 11) is 0. The molecule has 0 aliphatic heterocycles. The second-order valence-corrected chi connectivity index (χ2v) is 4.78. The average molecular weight is 289 g/mol. The summed E-state index contributed by atoms with van der Waals surface area (Å²) in [5.74, 6) is 1.49. The lowest BCUT2D eigenvalue weighted by Gasteiger charge is -2.03. The Kier molecular flexibility index (Phi) is 3.56. The Balaban J connectivity index is 1.81. The zero-order valence-electron chi connectivity index (χ0n) is 11.0. The minimum atomic E-state index is 0.510. The standard InChI is InChI=1S/C15H13ClN2O2/c1-2-19-12-5-3-10(4-6-12)7-14-18-13-8-11(16)9-17-15(13)20-14/h3-6,8-9H,2,7H2,1H3. The van der Waals surface area contributed by atoms with Crippen LogP contribution in [0.1, 0.15) is 18.4 Å². The molecule has 0 saturated carbocycles. The summed E-state index contributed by atoms with van der Waals surface area (Å²) >= 11 is 5.88. The van der Waals surface area contributed by atoms with E-state index in [-0.39, 0.29) is 0 Å². The first kappa shape index (κ1) is 12.9. The lowest BCUT2D eigenvalue weighted by molar-refractivity contribution is 0.340. The molecule has 0 fully saturated rings. The average Bonchev–Trinajstić information content (AvgIpc) is 2.82. The molecule has 1 aromatic carbocycles. The van der Waals surface area contributed by atoms with Crippen molar-refractivity contribution in [1.29, 1.82) is 0 Å². The van der Waals surface area contributed by atoms with Gasteiger partial charge in [0.15, 0.2) is 0 Å². The smallest absolute Gasteiger partial charge is 0.247 e. The van der Waals surface area contributed by atoms with Crippen molar-refractivity contribution >= 4 is 22.8 Å². The topological polar surface area (TPSA) is 48.2 Å². The molecule has 0 aliphatic rings. The van der Waals surface area contributed by atoms with Gasteiger partial charge in [-0.25, -0.2) is 9.97 Å². The van der Waals surface area contributed by atoms with Gasteiger partial charge in [0.2, 0.25) is 11.6 Å². The van der Waals surface area contributed by atoms with E-state index in [1.165, 1.54) is 0 Å². The number of rotatable bonds is 4. The van der Waals surface area contributed by atoms with Crippen LogP contribution in [0.3, 0.4) is 0 Å². The van der Waals surface area contributed by atoms with Gasteiger partial charge >= 0.3 is 0 Å². The minimum Gasteiger partial charge on any atom is -0.494 e. The third kappa shape index (κ3) is 2.75. The summed E-state index contributed by atoms with van der Waals surface area (Å²) in [5, 5.41) is 0.554. The number of aromatic nitrogens is 2. The van der Waals surface area contributed by atoms with Crippen LogP contribution in [0.4, 0.5) is 0 Å². The monoisotopic (exact) mass is 288 g/mol. The molecule has 3 rings (SSSR count). The maximum Gasteiger partial charge on any atom is 0.247 e. The van der Waals surface area contributed by atoms with Crippen LogP contribution in [0.5, 0.6) is 5.75 Å². The highest BCUT2D eigenvalue weighted by atomic mass is 35.5. The van der Waals surface area contributed by atoms with Crippen molar-refractivity contribution in [3.63, 3.8) is 0 Å². The number of nitrogens with zero attached hydrogens (tertiary/aromatic N) is 2. The van der Waals surface area contributed by atoms with E-state index in [1.54, 1.807) is 12.3 Å². The van der Waals surface area contributed by atoms with Crippen molar-refractivity contribution in [2.45, 2.75) is 13.3 Å². The quantitative estimate of drug-likeness (QED) is 0.731. The molecule has 0 saturated heterocycles. The van der Waals surface area contributed by atoms with Crippen molar-refractivity contribution in [3.05, 3.63) is 53.0 Å². The number of benzene rings is 1. The maximum absolute atomic E-state index is 5.88. The largest absolute Gasteiger partial charge is 0.494 e. The van der Waals surface area contributed by atoms with Gasteiger partial charge in [0.25, 0.3) is 0 Å². The van der Waals surface area contributed by atoms with Gasteiger partial charge in [-0.3, -0.25) is 0 Å². The number of halogens is 1. The molecule has 0 bridgehead atoms. The molecule has 0 radical (unpaired) electrons. The molecule has 0 aliphatic carbocycles. The number of fused-ring (bicyclic) bond motifs is 1. The van der Waals surface area contributed by atoms with Crippen LogP contribution in [0.15, 0.2) is 40.9 Å². The van der Waals surface area contributed by atoms with Crippen LogP contribution in [-0.4, -0.2) is 16.6 Å². The van der Waals surface area contributed by atoms with E-state index in [1.807, 2.05) is 31.2 Å². The zero-order chi connectivity index (χ0) is 13.9. The molecule has 0 N–H and O–H groups in total. The molecule has 3 aromatic rings. The number of pyridine rings is 1. The van der Waals surface area contributed by atoms with Gasteiger partial charge in [0.05, 0.1) is 11.6 Å². The van der Waals surface area contributed by atoms with E-state index in [0.717, 1.165) is 11.3 Å². The third-order valence-electron chi connectivity index (χ3n) is 2.85. The Morgan fingerprint density at radius 2 is 2.05 bits per heavy atom. The maximum atomic E-state index is 5.88. The van der Waals surface area contributed by atoms with Gasteiger partial charge in [-0.05, 0) is 30.7 Å². The SMILES string of the molecule is CCOc1ccc(Cc2nc3cc(Cl)cnc3o2)cc1. The van der Waals surface area contributed by atoms with Crippen LogP contribution >= 0.6 is 11.6 Å². The third-order valence-corrected chi connectivity index (χ3v) is 3.05. The molecule has 0 atom stereocenters. The fourth-order valence-corrected chi connectivity index (χ4v) is 2.12. The molecule has 4 nitrogen and oxygen atoms in total. The van der Waals surface area contributed by atoms with E-state index < -0.39 is 0 Å². The first-order valence-corrected chi connectivity index (χ1v) is 6.75. The molecule has 5 heteroatoms. The van der Waals surface area contributed by atoms with Crippen LogP contribution in [-0.2, 0) is 6.42 Å². The molecule has 20 heavy (non-hydrogen) atoms. The summed E-state index contributed by atoms with van der Waals surface area (Å²) in [5.41, 5.74) is 2.29. The van der Waals surface area contributed by atoms with Gasteiger partial charge in [-0.2, -0.15) is 0 Å². The first-order chi connectivity index (χ1) is 9.74. The number of oxazole rings is 1. The van der Waals surface area contributed by atoms with E-state index >= 15 is 0 Å². The van der Waals surface area contributed by atoms with Crippen LogP contribution in [0, 0.1) is 0 Å². The number of ether oxygens (including phenoxy) is 1. The van der Waals surface area contributed by atoms with E-state index in [4.69, 9.17) is 20.8 Å². The molecule has 2 aromatic heterocycles. The predicted molar refractivity (Wildman–Crippen MR) is 77.2 cm³/mol. The van der Waals surface area contributed by atoms with Gasteiger partial charge < -0.3 is 9.15 Å². The van der Waals surface area contributed by atoms with Crippen molar-refractivity contribution in [1.82, 2.24) is 9.97 Å². The molecule has 0 unspecified atom stereocenters. The highest BCUT2D eigenvalue weighted by Crippen LogP contribution is 2.20. The Bertz CT molecular complexity index is 722. The fourth-order valence-electron chi connectivity index (χ4n) is 1.96. The van der Waals surface area contributed by atoms with Crippen molar-refractivity contribution in [3.8, 4) is 5.75 Å². The summed E-state index contributed by atoms with van der Waals surface area (Å²) < 4.78 is 11.0. The van der Waals surface area contributed by atoms with Gasteiger partial charge in [0, 0.05) is 12.6 Å². The Labute approximate surface area is 121 Å². The van der Waals surface area contributed by atoms with Gasteiger partial charge in [0.1, 0.15) is 11.3 Å². The summed E-state index contributed by atoms with van der Waals surface area (Å²) in [6, 6.07) is 9.63. The second-order valence-electron chi connectivity index (χ2n) is 4.34. The lowest BCUT2D eigenvalue weighted by Crippen LogP contribution is -1.92.